The molecule has 3 rings (SSSR count). The van der Waals surface area contributed by atoms with E-state index in [0.717, 1.165) is 0 Å². The zero-order valence-corrected chi connectivity index (χ0v) is 10.2. The first-order chi connectivity index (χ1) is 7.72. The standard InChI is InChI=1S/C14H13NS/c1-9-3-4-12-11(5-9)7-13(15-12)14-6-10(2)8-16-14/h3-8,15H,1-2H3. The van der Waals surface area contributed by atoms with Crippen molar-refractivity contribution in [1.29, 1.82) is 0 Å². The Morgan fingerprint density at radius 2 is 1.88 bits per heavy atom. The zero-order chi connectivity index (χ0) is 11.1. The Hall–Kier alpha value is -1.54. The van der Waals surface area contributed by atoms with E-state index < -0.39 is 0 Å². The van der Waals surface area contributed by atoms with Crippen molar-refractivity contribution >= 4 is 22.2 Å². The SMILES string of the molecule is Cc1csc(-c2cc3cc(C)ccc3[nH]2)c1. The van der Waals surface area contributed by atoms with E-state index in [1.165, 1.54) is 32.6 Å². The number of aromatic nitrogens is 1. The molecule has 0 saturated carbocycles. The minimum absolute atomic E-state index is 1.21. The maximum atomic E-state index is 3.46. The molecule has 80 valence electrons. The summed E-state index contributed by atoms with van der Waals surface area (Å²) in [5.74, 6) is 0. The molecule has 0 bridgehead atoms. The summed E-state index contributed by atoms with van der Waals surface area (Å²) >= 11 is 1.79. The Labute approximate surface area is 98.7 Å². The molecule has 1 aromatic carbocycles. The van der Waals surface area contributed by atoms with Crippen molar-refractivity contribution < 1.29 is 0 Å². The van der Waals surface area contributed by atoms with E-state index in [0.29, 0.717) is 0 Å². The Morgan fingerprint density at radius 3 is 2.62 bits per heavy atom. The third-order valence-corrected chi connectivity index (χ3v) is 3.85. The summed E-state index contributed by atoms with van der Waals surface area (Å²) in [6.07, 6.45) is 0. The number of hydrogen-bond acceptors (Lipinski definition) is 1. The van der Waals surface area contributed by atoms with E-state index in [1.807, 2.05) is 0 Å². The highest BCUT2D eigenvalue weighted by Crippen LogP contribution is 2.29. The van der Waals surface area contributed by atoms with Crippen LogP contribution < -0.4 is 0 Å². The lowest BCUT2D eigenvalue weighted by atomic mass is 10.2. The van der Waals surface area contributed by atoms with Crippen molar-refractivity contribution in [2.24, 2.45) is 0 Å². The summed E-state index contributed by atoms with van der Waals surface area (Å²) in [6.45, 7) is 4.26. The second kappa shape index (κ2) is 3.49. The van der Waals surface area contributed by atoms with Gasteiger partial charge in [-0.2, -0.15) is 0 Å². The van der Waals surface area contributed by atoms with E-state index in [4.69, 9.17) is 0 Å². The van der Waals surface area contributed by atoms with Crippen LogP contribution in [0.5, 0.6) is 0 Å². The summed E-state index contributed by atoms with van der Waals surface area (Å²) in [4.78, 5) is 4.77. The van der Waals surface area contributed by atoms with E-state index in [2.05, 4.69) is 54.5 Å². The fraction of sp³-hybridized carbons (Fsp3) is 0.143. The molecule has 1 nitrogen and oxygen atoms in total. The lowest BCUT2D eigenvalue weighted by Crippen LogP contribution is -1.71. The van der Waals surface area contributed by atoms with Crippen LogP contribution in [-0.4, -0.2) is 4.98 Å². The van der Waals surface area contributed by atoms with Gasteiger partial charge < -0.3 is 4.98 Å². The van der Waals surface area contributed by atoms with Crippen molar-refractivity contribution in [2.75, 3.05) is 0 Å². The fourth-order valence-electron chi connectivity index (χ4n) is 1.96. The van der Waals surface area contributed by atoms with Crippen molar-refractivity contribution in [2.45, 2.75) is 13.8 Å². The van der Waals surface area contributed by atoms with Gasteiger partial charge in [0.2, 0.25) is 0 Å². The molecule has 2 heterocycles. The molecule has 0 saturated heterocycles. The molecule has 0 aliphatic carbocycles. The highest BCUT2D eigenvalue weighted by Gasteiger charge is 2.04. The van der Waals surface area contributed by atoms with Gasteiger partial charge in [-0.3, -0.25) is 0 Å². The number of hydrogen-bond donors (Lipinski definition) is 1. The first-order valence-corrected chi connectivity index (χ1v) is 6.25. The molecular formula is C14H13NS. The van der Waals surface area contributed by atoms with Crippen LogP contribution in [0, 0.1) is 13.8 Å². The monoisotopic (exact) mass is 227 g/mol. The van der Waals surface area contributed by atoms with Crippen LogP contribution in [0.25, 0.3) is 21.5 Å². The molecule has 0 atom stereocenters. The van der Waals surface area contributed by atoms with Crippen molar-refractivity contribution in [1.82, 2.24) is 4.98 Å². The third kappa shape index (κ3) is 1.55. The molecule has 0 fully saturated rings. The molecule has 16 heavy (non-hydrogen) atoms. The van der Waals surface area contributed by atoms with E-state index >= 15 is 0 Å². The molecule has 0 amide bonds. The number of nitrogens with one attached hydrogen (secondary N) is 1. The van der Waals surface area contributed by atoms with E-state index in [1.54, 1.807) is 11.3 Å². The van der Waals surface area contributed by atoms with Gasteiger partial charge in [0.15, 0.2) is 0 Å². The number of thiophene rings is 1. The van der Waals surface area contributed by atoms with Gasteiger partial charge in [-0.1, -0.05) is 11.6 Å². The zero-order valence-electron chi connectivity index (χ0n) is 9.37. The summed E-state index contributed by atoms with van der Waals surface area (Å²) in [6, 6.07) is 11.0. The van der Waals surface area contributed by atoms with Gasteiger partial charge >= 0.3 is 0 Å². The van der Waals surface area contributed by atoms with Crippen LogP contribution in [0.2, 0.25) is 0 Å². The summed E-state index contributed by atoms with van der Waals surface area (Å²) in [7, 11) is 0. The lowest BCUT2D eigenvalue weighted by Gasteiger charge is -1.90. The van der Waals surface area contributed by atoms with Crippen LogP contribution in [-0.2, 0) is 0 Å². The van der Waals surface area contributed by atoms with Gasteiger partial charge in [-0.05, 0) is 49.1 Å². The van der Waals surface area contributed by atoms with Crippen LogP contribution in [0.3, 0.4) is 0 Å². The number of rotatable bonds is 1. The van der Waals surface area contributed by atoms with E-state index in [9.17, 15) is 0 Å². The van der Waals surface area contributed by atoms with Crippen molar-refractivity contribution in [3.63, 3.8) is 0 Å². The predicted molar refractivity (Wildman–Crippen MR) is 71.1 cm³/mol. The molecule has 0 unspecified atom stereocenters. The Bertz CT molecular complexity index is 646. The smallest absolute Gasteiger partial charge is 0.0566 e. The minimum Gasteiger partial charge on any atom is -0.354 e. The average Bonchev–Trinajstić information content (AvgIpc) is 2.83. The highest BCUT2D eigenvalue weighted by atomic mass is 32.1. The number of H-pyrrole nitrogens is 1. The average molecular weight is 227 g/mol. The Morgan fingerprint density at radius 1 is 1.00 bits per heavy atom. The second-order valence-electron chi connectivity index (χ2n) is 4.26. The molecule has 2 aromatic heterocycles. The maximum absolute atomic E-state index is 3.46. The van der Waals surface area contributed by atoms with Crippen LogP contribution in [0.4, 0.5) is 0 Å². The summed E-state index contributed by atoms with van der Waals surface area (Å²) < 4.78 is 0. The third-order valence-electron chi connectivity index (χ3n) is 2.77. The normalized spacial score (nSPS) is 11.1. The quantitative estimate of drug-likeness (QED) is 0.629. The number of benzene rings is 1. The van der Waals surface area contributed by atoms with Crippen LogP contribution >= 0.6 is 11.3 Å². The second-order valence-corrected chi connectivity index (χ2v) is 5.17. The topological polar surface area (TPSA) is 15.8 Å². The number of fused-ring (bicyclic) bond motifs is 1. The van der Waals surface area contributed by atoms with Gasteiger partial charge in [0, 0.05) is 10.9 Å². The van der Waals surface area contributed by atoms with Gasteiger partial charge in [0.1, 0.15) is 0 Å². The molecule has 0 aliphatic heterocycles. The first kappa shape index (κ1) is 9.67. The molecule has 3 aromatic rings. The van der Waals surface area contributed by atoms with Gasteiger partial charge in [0.05, 0.1) is 10.6 Å². The Balaban J connectivity index is 2.18. The van der Waals surface area contributed by atoms with Crippen molar-refractivity contribution in [3.05, 3.63) is 46.8 Å². The van der Waals surface area contributed by atoms with Gasteiger partial charge in [-0.15, -0.1) is 11.3 Å². The van der Waals surface area contributed by atoms with Gasteiger partial charge in [0.25, 0.3) is 0 Å². The highest BCUT2D eigenvalue weighted by molar-refractivity contribution is 7.13. The molecular weight excluding hydrogens is 214 g/mol. The lowest BCUT2D eigenvalue weighted by molar-refractivity contribution is 1.45. The molecule has 0 aliphatic rings. The maximum Gasteiger partial charge on any atom is 0.0566 e. The van der Waals surface area contributed by atoms with Crippen molar-refractivity contribution in [3.8, 4) is 10.6 Å². The van der Waals surface area contributed by atoms with Crippen LogP contribution in [0.15, 0.2) is 35.7 Å². The summed E-state index contributed by atoms with van der Waals surface area (Å²) in [5, 5.41) is 3.48. The molecule has 1 N–H and O–H groups in total. The molecule has 0 radical (unpaired) electrons. The molecule has 2 heteroatoms. The molecule has 0 spiro atoms. The first-order valence-electron chi connectivity index (χ1n) is 5.37. The fourth-order valence-corrected chi connectivity index (χ4v) is 2.83. The number of aromatic amines is 1. The van der Waals surface area contributed by atoms with Crippen LogP contribution in [0.1, 0.15) is 11.1 Å². The van der Waals surface area contributed by atoms with Gasteiger partial charge in [-0.25, -0.2) is 0 Å². The number of aryl methyl sites for hydroxylation is 2. The van der Waals surface area contributed by atoms with E-state index in [-0.39, 0.29) is 0 Å². The Kier molecular flexibility index (Phi) is 2.11. The largest absolute Gasteiger partial charge is 0.354 e. The summed E-state index contributed by atoms with van der Waals surface area (Å²) in [5.41, 5.74) is 5.07. The minimum atomic E-state index is 1.21. The predicted octanol–water partition coefficient (Wildman–Crippen LogP) is 4.51.